The number of allylic oxidation sites excluding steroid dienone is 2. The van der Waals surface area contributed by atoms with Crippen molar-refractivity contribution < 1.29 is 13.2 Å². The first-order valence-electron chi connectivity index (χ1n) is 7.08. The Morgan fingerprint density at radius 1 is 1.29 bits per heavy atom. The Morgan fingerprint density at radius 3 is 2.32 bits per heavy atom. The summed E-state index contributed by atoms with van der Waals surface area (Å²) in [7, 11) is 1.29. The number of nitrogens with two attached hydrogens (primary N) is 1. The predicted octanol–water partition coefficient (Wildman–Crippen LogP) is 2.53. The fourth-order valence-corrected chi connectivity index (χ4v) is 2.62. The molecule has 0 aliphatic heterocycles. The molecule has 0 saturated heterocycles. The Hall–Kier alpha value is -3.28. The summed E-state index contributed by atoms with van der Waals surface area (Å²) in [4.78, 5) is 16.1. The van der Waals surface area contributed by atoms with Crippen LogP contribution in [0.4, 0.5) is 13.2 Å². The van der Waals surface area contributed by atoms with Gasteiger partial charge in [-0.2, -0.15) is 28.4 Å². The van der Waals surface area contributed by atoms with Crippen LogP contribution in [0, 0.1) is 22.7 Å². The molecule has 1 aromatic carbocycles. The number of hydrogen-bond acceptors (Lipinski definition) is 6. The molecule has 28 heavy (non-hydrogen) atoms. The normalized spacial score (nSPS) is 12.6. The molecule has 0 aliphatic rings. The summed E-state index contributed by atoms with van der Waals surface area (Å²) in [5.74, 6) is -0.101. The lowest BCUT2D eigenvalue weighted by atomic mass is 10.2. The SMILES string of the molecule is Cn1c(/C=N/C(C#N)=C(\N)C#N)nn(-c2c(Cl)cc(C(F)(F)F)cc2Cl)c1=O. The van der Waals surface area contributed by atoms with Crippen LogP contribution >= 0.6 is 23.2 Å². The zero-order chi connectivity index (χ0) is 21.2. The van der Waals surface area contributed by atoms with Gasteiger partial charge in [-0.25, -0.2) is 9.79 Å². The molecular formula is C15H8Cl2F3N7O. The second-order valence-electron chi connectivity index (χ2n) is 5.14. The Morgan fingerprint density at radius 2 is 1.86 bits per heavy atom. The van der Waals surface area contributed by atoms with E-state index in [1.165, 1.54) is 7.05 Å². The maximum atomic E-state index is 12.8. The summed E-state index contributed by atoms with van der Waals surface area (Å²) < 4.78 is 40.2. The van der Waals surface area contributed by atoms with E-state index in [2.05, 4.69) is 10.1 Å². The van der Waals surface area contributed by atoms with Crippen molar-refractivity contribution in [2.75, 3.05) is 0 Å². The molecule has 0 amide bonds. The van der Waals surface area contributed by atoms with E-state index in [1.54, 1.807) is 12.1 Å². The topological polar surface area (TPSA) is 126 Å². The third-order valence-electron chi connectivity index (χ3n) is 3.36. The fourth-order valence-electron chi connectivity index (χ4n) is 1.98. The fraction of sp³-hybridized carbons (Fsp3) is 0.133. The maximum absolute atomic E-state index is 12.8. The molecule has 0 spiro atoms. The van der Waals surface area contributed by atoms with Crippen molar-refractivity contribution in [3.63, 3.8) is 0 Å². The van der Waals surface area contributed by atoms with Gasteiger partial charge in [0.05, 0.1) is 21.8 Å². The van der Waals surface area contributed by atoms with Crippen LogP contribution in [0.15, 0.2) is 33.3 Å². The number of alkyl halides is 3. The average Bonchev–Trinajstić information content (AvgIpc) is 2.89. The number of benzene rings is 1. The van der Waals surface area contributed by atoms with Crippen LogP contribution in [0.5, 0.6) is 0 Å². The molecule has 0 unspecified atom stereocenters. The quantitative estimate of drug-likeness (QED) is 0.592. The largest absolute Gasteiger partial charge is 0.416 e. The molecule has 1 aromatic heterocycles. The van der Waals surface area contributed by atoms with Crippen molar-refractivity contribution in [3.8, 4) is 17.8 Å². The first-order valence-corrected chi connectivity index (χ1v) is 7.83. The molecule has 0 atom stereocenters. The molecule has 144 valence electrons. The van der Waals surface area contributed by atoms with Gasteiger partial charge in [0.1, 0.15) is 23.5 Å². The monoisotopic (exact) mass is 429 g/mol. The molecule has 2 aromatic rings. The van der Waals surface area contributed by atoms with Crippen LogP contribution in [0.1, 0.15) is 11.4 Å². The zero-order valence-corrected chi connectivity index (χ0v) is 15.3. The highest BCUT2D eigenvalue weighted by molar-refractivity contribution is 6.37. The van der Waals surface area contributed by atoms with Crippen molar-refractivity contribution in [2.45, 2.75) is 6.18 Å². The van der Waals surface area contributed by atoms with E-state index in [0.717, 1.165) is 10.8 Å². The van der Waals surface area contributed by atoms with E-state index in [1.807, 2.05) is 0 Å². The minimum atomic E-state index is -4.68. The summed E-state index contributed by atoms with van der Waals surface area (Å²) in [5, 5.41) is 20.6. The molecule has 0 fully saturated rings. The molecule has 8 nitrogen and oxygen atoms in total. The first kappa shape index (κ1) is 21.0. The van der Waals surface area contributed by atoms with E-state index in [-0.39, 0.29) is 11.5 Å². The van der Waals surface area contributed by atoms with Crippen LogP contribution in [0.2, 0.25) is 10.0 Å². The van der Waals surface area contributed by atoms with Gasteiger partial charge in [0.15, 0.2) is 11.5 Å². The second-order valence-corrected chi connectivity index (χ2v) is 5.96. The summed E-state index contributed by atoms with van der Waals surface area (Å²) in [5.41, 5.74) is 2.31. The van der Waals surface area contributed by atoms with E-state index >= 15 is 0 Å². The van der Waals surface area contributed by atoms with E-state index in [9.17, 15) is 18.0 Å². The second kappa shape index (κ2) is 7.76. The summed E-state index contributed by atoms with van der Waals surface area (Å²) in [6.07, 6.45) is -3.70. The van der Waals surface area contributed by atoms with Gasteiger partial charge in [0, 0.05) is 7.05 Å². The molecule has 2 N–H and O–H groups in total. The van der Waals surface area contributed by atoms with E-state index in [4.69, 9.17) is 39.5 Å². The van der Waals surface area contributed by atoms with Crippen LogP contribution < -0.4 is 11.4 Å². The molecule has 0 saturated carbocycles. The van der Waals surface area contributed by atoms with Gasteiger partial charge in [0.25, 0.3) is 0 Å². The van der Waals surface area contributed by atoms with Crippen LogP contribution in [0.3, 0.4) is 0 Å². The minimum Gasteiger partial charge on any atom is -0.388 e. The highest BCUT2D eigenvalue weighted by Crippen LogP contribution is 2.36. The third kappa shape index (κ3) is 4.01. The highest BCUT2D eigenvalue weighted by atomic mass is 35.5. The Kier molecular flexibility index (Phi) is 5.83. The zero-order valence-electron chi connectivity index (χ0n) is 13.8. The van der Waals surface area contributed by atoms with Crippen molar-refractivity contribution in [1.29, 1.82) is 10.5 Å². The van der Waals surface area contributed by atoms with Crippen molar-refractivity contribution in [1.82, 2.24) is 14.3 Å². The van der Waals surface area contributed by atoms with E-state index in [0.29, 0.717) is 16.8 Å². The standard InChI is InChI=1S/C15H8Cl2F3N7O/c1-26-12(6-24-11(5-22)10(23)4-21)25-27(14(26)28)13-8(16)2-7(3-9(13)17)15(18,19)20/h2-3,6H,23H2,1H3/b11-10-,24-6+. The average molecular weight is 430 g/mol. The van der Waals surface area contributed by atoms with E-state index < -0.39 is 38.9 Å². The number of halogens is 5. The number of aromatic nitrogens is 3. The third-order valence-corrected chi connectivity index (χ3v) is 3.94. The predicted molar refractivity (Wildman–Crippen MR) is 93.9 cm³/mol. The lowest BCUT2D eigenvalue weighted by Crippen LogP contribution is -2.22. The summed E-state index contributed by atoms with van der Waals surface area (Å²) >= 11 is 11.8. The molecular weight excluding hydrogens is 422 g/mol. The number of nitrogens with zero attached hydrogens (tertiary/aromatic N) is 6. The van der Waals surface area contributed by atoms with Crippen molar-refractivity contribution in [2.24, 2.45) is 17.8 Å². The molecule has 0 radical (unpaired) electrons. The molecule has 1 heterocycles. The van der Waals surface area contributed by atoms with Crippen molar-refractivity contribution >= 4 is 29.4 Å². The van der Waals surface area contributed by atoms with Crippen LogP contribution in [-0.2, 0) is 13.2 Å². The maximum Gasteiger partial charge on any atom is 0.416 e. The van der Waals surface area contributed by atoms with Crippen LogP contribution in [0.25, 0.3) is 5.69 Å². The lowest BCUT2D eigenvalue weighted by molar-refractivity contribution is -0.137. The smallest absolute Gasteiger partial charge is 0.388 e. The first-order chi connectivity index (χ1) is 13.0. The number of nitriles is 2. The molecule has 2 rings (SSSR count). The van der Waals surface area contributed by atoms with Gasteiger partial charge in [-0.05, 0) is 12.1 Å². The molecule has 13 heteroatoms. The van der Waals surface area contributed by atoms with Gasteiger partial charge in [-0.1, -0.05) is 23.2 Å². The lowest BCUT2D eigenvalue weighted by Gasteiger charge is -2.11. The molecule has 0 aliphatic carbocycles. The van der Waals surface area contributed by atoms with Crippen molar-refractivity contribution in [3.05, 3.63) is 55.4 Å². The Balaban J connectivity index is 2.61. The summed E-state index contributed by atoms with van der Waals surface area (Å²) in [6.45, 7) is 0. The Bertz CT molecular complexity index is 1120. The molecule has 0 bridgehead atoms. The highest BCUT2D eigenvalue weighted by Gasteiger charge is 2.32. The number of aliphatic imine (C=N–C) groups is 1. The summed E-state index contributed by atoms with van der Waals surface area (Å²) in [6, 6.07) is 4.37. The van der Waals surface area contributed by atoms with Crippen LogP contribution in [-0.4, -0.2) is 20.6 Å². The number of hydrogen-bond donors (Lipinski definition) is 1. The number of rotatable bonds is 3. The van der Waals surface area contributed by atoms with Gasteiger partial charge in [0.2, 0.25) is 0 Å². The van der Waals surface area contributed by atoms with Gasteiger partial charge in [-0.15, -0.1) is 5.10 Å². The van der Waals surface area contributed by atoms with Gasteiger partial charge in [-0.3, -0.25) is 4.57 Å². The van der Waals surface area contributed by atoms with Gasteiger partial charge >= 0.3 is 11.9 Å². The minimum absolute atomic E-state index is 0.101. The Labute approximate surface area is 165 Å². The van der Waals surface area contributed by atoms with Gasteiger partial charge < -0.3 is 5.73 Å².